The fourth-order valence-electron chi connectivity index (χ4n) is 1.95. The van der Waals surface area contributed by atoms with Gasteiger partial charge >= 0.3 is 0 Å². The molecule has 0 amide bonds. The first-order chi connectivity index (χ1) is 8.56. The molecule has 2 N–H and O–H groups in total. The van der Waals surface area contributed by atoms with Gasteiger partial charge in [0.2, 0.25) is 0 Å². The lowest BCUT2D eigenvalue weighted by Gasteiger charge is -2.19. The summed E-state index contributed by atoms with van der Waals surface area (Å²) in [4.78, 5) is 2.20. The highest BCUT2D eigenvalue weighted by Gasteiger charge is 2.05. The number of hydrogen-bond donors (Lipinski definition) is 1. The van der Waals surface area contributed by atoms with Gasteiger partial charge in [0.15, 0.2) is 0 Å². The van der Waals surface area contributed by atoms with Crippen LogP contribution in [-0.4, -0.2) is 16.8 Å². The van der Waals surface area contributed by atoms with Crippen LogP contribution in [0, 0.1) is 0 Å². The lowest BCUT2D eigenvalue weighted by Crippen LogP contribution is -2.16. The van der Waals surface area contributed by atoms with E-state index in [0.717, 1.165) is 12.1 Å². The quantitative estimate of drug-likeness (QED) is 0.895. The molecular weight excluding hydrogens is 224 g/mol. The molecule has 0 aliphatic rings. The van der Waals surface area contributed by atoms with Gasteiger partial charge in [0.1, 0.15) is 0 Å². The number of nitrogens with zero attached hydrogens (tertiary/aromatic N) is 3. The maximum absolute atomic E-state index is 5.84. The minimum Gasteiger partial charge on any atom is -0.370 e. The number of anilines is 1. The number of aromatic nitrogens is 2. The first-order valence-electron chi connectivity index (χ1n) is 6.10. The van der Waals surface area contributed by atoms with Gasteiger partial charge in [0, 0.05) is 44.1 Å². The van der Waals surface area contributed by atoms with Crippen LogP contribution in [0.4, 0.5) is 5.69 Å². The summed E-state index contributed by atoms with van der Waals surface area (Å²) in [6, 6.07) is 8.46. The summed E-state index contributed by atoms with van der Waals surface area (Å²) in [5.41, 5.74) is 9.39. The topological polar surface area (TPSA) is 47.1 Å². The highest BCUT2D eigenvalue weighted by Crippen LogP contribution is 2.18. The Bertz CT molecular complexity index is 499. The van der Waals surface area contributed by atoms with Crippen molar-refractivity contribution in [2.45, 2.75) is 19.5 Å². The Hall–Kier alpha value is -1.81. The standard InChI is InChI=1S/C14H20N4/c1-11(15)13-4-6-14(7-5-13)17(2)9-12-8-16-18(3)10-12/h4-8,10-11H,9,15H2,1-3H3/t11-/m0/s1. The fourth-order valence-corrected chi connectivity index (χ4v) is 1.95. The lowest BCUT2D eigenvalue weighted by molar-refractivity contribution is 0.766. The highest BCUT2D eigenvalue weighted by atomic mass is 15.2. The van der Waals surface area contributed by atoms with Gasteiger partial charge in [0.25, 0.3) is 0 Å². The lowest BCUT2D eigenvalue weighted by atomic mass is 10.1. The van der Waals surface area contributed by atoms with E-state index in [4.69, 9.17) is 5.73 Å². The minimum absolute atomic E-state index is 0.0858. The van der Waals surface area contributed by atoms with Crippen LogP contribution in [0.2, 0.25) is 0 Å². The van der Waals surface area contributed by atoms with Crippen molar-refractivity contribution in [2.75, 3.05) is 11.9 Å². The monoisotopic (exact) mass is 244 g/mol. The van der Waals surface area contributed by atoms with Crippen LogP contribution in [-0.2, 0) is 13.6 Å². The summed E-state index contributed by atoms with van der Waals surface area (Å²) in [6.07, 6.45) is 3.93. The highest BCUT2D eigenvalue weighted by molar-refractivity contribution is 5.47. The molecule has 0 unspecified atom stereocenters. The average Bonchev–Trinajstić information content (AvgIpc) is 2.75. The molecule has 18 heavy (non-hydrogen) atoms. The Morgan fingerprint density at radius 2 is 2.00 bits per heavy atom. The Kier molecular flexibility index (Phi) is 3.67. The third-order valence-corrected chi connectivity index (χ3v) is 3.04. The second kappa shape index (κ2) is 5.23. The van der Waals surface area contributed by atoms with Crippen molar-refractivity contribution in [1.29, 1.82) is 0 Å². The summed E-state index contributed by atoms with van der Waals surface area (Å²) in [5.74, 6) is 0. The van der Waals surface area contributed by atoms with Gasteiger partial charge in [-0.25, -0.2) is 0 Å². The Morgan fingerprint density at radius 1 is 1.33 bits per heavy atom. The predicted octanol–water partition coefficient (Wildman–Crippen LogP) is 2.08. The summed E-state index contributed by atoms with van der Waals surface area (Å²) in [5, 5.41) is 4.17. The van der Waals surface area contributed by atoms with Crippen LogP contribution in [0.15, 0.2) is 36.7 Å². The van der Waals surface area contributed by atoms with E-state index in [1.54, 1.807) is 0 Å². The zero-order valence-corrected chi connectivity index (χ0v) is 11.2. The summed E-state index contributed by atoms with van der Waals surface area (Å²) in [6.45, 7) is 2.85. The molecular formula is C14H20N4. The van der Waals surface area contributed by atoms with Crippen LogP contribution in [0.3, 0.4) is 0 Å². The van der Waals surface area contributed by atoms with Crippen LogP contribution in [0.5, 0.6) is 0 Å². The second-order valence-corrected chi connectivity index (χ2v) is 4.76. The van der Waals surface area contributed by atoms with Crippen LogP contribution in [0.25, 0.3) is 0 Å². The van der Waals surface area contributed by atoms with E-state index in [2.05, 4.69) is 41.3 Å². The molecule has 96 valence electrons. The van der Waals surface area contributed by atoms with Crippen molar-refractivity contribution in [1.82, 2.24) is 9.78 Å². The second-order valence-electron chi connectivity index (χ2n) is 4.76. The molecule has 2 aromatic rings. The van der Waals surface area contributed by atoms with E-state index in [9.17, 15) is 0 Å². The number of benzene rings is 1. The van der Waals surface area contributed by atoms with Crippen LogP contribution < -0.4 is 10.6 Å². The van der Waals surface area contributed by atoms with Gasteiger partial charge in [-0.05, 0) is 24.6 Å². The van der Waals surface area contributed by atoms with Crippen molar-refractivity contribution in [3.8, 4) is 0 Å². The third kappa shape index (κ3) is 2.90. The fraction of sp³-hybridized carbons (Fsp3) is 0.357. The average molecular weight is 244 g/mol. The maximum Gasteiger partial charge on any atom is 0.0539 e. The van der Waals surface area contributed by atoms with Gasteiger partial charge in [-0.1, -0.05) is 12.1 Å². The van der Waals surface area contributed by atoms with Crippen molar-refractivity contribution < 1.29 is 0 Å². The van der Waals surface area contributed by atoms with E-state index in [0.29, 0.717) is 0 Å². The number of rotatable bonds is 4. The van der Waals surface area contributed by atoms with E-state index in [1.165, 1.54) is 11.3 Å². The number of hydrogen-bond acceptors (Lipinski definition) is 3. The van der Waals surface area contributed by atoms with Gasteiger partial charge in [-0.15, -0.1) is 0 Å². The number of nitrogens with two attached hydrogens (primary N) is 1. The zero-order valence-electron chi connectivity index (χ0n) is 11.2. The largest absolute Gasteiger partial charge is 0.370 e. The van der Waals surface area contributed by atoms with E-state index >= 15 is 0 Å². The van der Waals surface area contributed by atoms with Gasteiger partial charge < -0.3 is 10.6 Å². The molecule has 0 radical (unpaired) electrons. The summed E-state index contributed by atoms with van der Waals surface area (Å²) >= 11 is 0. The zero-order chi connectivity index (χ0) is 13.1. The molecule has 0 bridgehead atoms. The molecule has 0 saturated carbocycles. The van der Waals surface area contributed by atoms with E-state index in [-0.39, 0.29) is 6.04 Å². The van der Waals surface area contributed by atoms with Crippen molar-refractivity contribution in [3.05, 3.63) is 47.8 Å². The molecule has 0 aliphatic heterocycles. The molecule has 1 heterocycles. The normalized spacial score (nSPS) is 12.4. The molecule has 4 heteroatoms. The van der Waals surface area contributed by atoms with Crippen molar-refractivity contribution in [2.24, 2.45) is 12.8 Å². The molecule has 4 nitrogen and oxygen atoms in total. The van der Waals surface area contributed by atoms with Crippen LogP contribution >= 0.6 is 0 Å². The molecule has 1 atom stereocenters. The molecule has 0 aliphatic carbocycles. The molecule has 1 aromatic carbocycles. The maximum atomic E-state index is 5.84. The summed E-state index contributed by atoms with van der Waals surface area (Å²) in [7, 11) is 4.01. The molecule has 1 aromatic heterocycles. The minimum atomic E-state index is 0.0858. The Morgan fingerprint density at radius 3 is 2.50 bits per heavy atom. The number of aryl methyl sites for hydroxylation is 1. The van der Waals surface area contributed by atoms with Crippen LogP contribution in [0.1, 0.15) is 24.1 Å². The SMILES string of the molecule is C[C@H](N)c1ccc(N(C)Cc2cnn(C)c2)cc1. The van der Waals surface area contributed by atoms with Crippen molar-refractivity contribution >= 4 is 5.69 Å². The Balaban J connectivity index is 2.06. The predicted molar refractivity (Wildman–Crippen MR) is 74.4 cm³/mol. The van der Waals surface area contributed by atoms with Gasteiger partial charge in [0.05, 0.1) is 6.20 Å². The Labute approximate surface area is 108 Å². The molecule has 0 spiro atoms. The van der Waals surface area contributed by atoms with Crippen molar-refractivity contribution in [3.63, 3.8) is 0 Å². The van der Waals surface area contributed by atoms with Gasteiger partial charge in [-0.2, -0.15) is 5.10 Å². The first kappa shape index (κ1) is 12.6. The smallest absolute Gasteiger partial charge is 0.0539 e. The third-order valence-electron chi connectivity index (χ3n) is 3.04. The molecule has 2 rings (SSSR count). The van der Waals surface area contributed by atoms with E-state index < -0.39 is 0 Å². The summed E-state index contributed by atoms with van der Waals surface area (Å²) < 4.78 is 1.82. The first-order valence-corrected chi connectivity index (χ1v) is 6.10. The van der Waals surface area contributed by atoms with Gasteiger partial charge in [-0.3, -0.25) is 4.68 Å². The molecule has 0 fully saturated rings. The molecule has 0 saturated heterocycles. The van der Waals surface area contributed by atoms with E-state index in [1.807, 2.05) is 31.0 Å².